The Morgan fingerprint density at radius 2 is 2.13 bits per heavy atom. The van der Waals surface area contributed by atoms with Crippen molar-refractivity contribution in [3.05, 3.63) is 34.8 Å². The van der Waals surface area contributed by atoms with Gasteiger partial charge in [-0.05, 0) is 18.6 Å². The quantitative estimate of drug-likeness (QED) is 0.777. The van der Waals surface area contributed by atoms with E-state index < -0.39 is 0 Å². The first kappa shape index (κ1) is 9.92. The van der Waals surface area contributed by atoms with Gasteiger partial charge in [0, 0.05) is 12.2 Å². The average molecular weight is 220 g/mol. The summed E-state index contributed by atoms with van der Waals surface area (Å²) in [6.45, 7) is 2.61. The third kappa shape index (κ3) is 2.44. The van der Waals surface area contributed by atoms with E-state index in [1.807, 2.05) is 31.2 Å². The smallest absolute Gasteiger partial charge is 0.205 e. The maximum absolute atomic E-state index is 5.82. The molecule has 1 heterocycles. The van der Waals surface area contributed by atoms with Crippen LogP contribution in [0.2, 0.25) is 0 Å². The number of nitrogens with two attached hydrogens (primary N) is 1. The lowest BCUT2D eigenvalue weighted by molar-refractivity contribution is 1.03. The number of aryl methyl sites for hydroxylation is 1. The third-order valence-electron chi connectivity index (χ3n) is 2.01. The van der Waals surface area contributed by atoms with Crippen molar-refractivity contribution in [3.63, 3.8) is 0 Å². The van der Waals surface area contributed by atoms with E-state index in [0.717, 1.165) is 21.4 Å². The summed E-state index contributed by atoms with van der Waals surface area (Å²) in [6, 6.07) is 7.78. The zero-order valence-corrected chi connectivity index (χ0v) is 9.21. The Labute approximate surface area is 92.2 Å². The van der Waals surface area contributed by atoms with Gasteiger partial charge in [0.15, 0.2) is 0 Å². The second-order valence-electron chi connectivity index (χ2n) is 3.18. The van der Waals surface area contributed by atoms with Gasteiger partial charge in [-0.15, -0.1) is 10.2 Å². The minimum atomic E-state index is 0.682. The number of hydrogen-bond donors (Lipinski definition) is 2. The monoisotopic (exact) mass is 220 g/mol. The summed E-state index contributed by atoms with van der Waals surface area (Å²) < 4.78 is 0. The number of nitrogens with one attached hydrogen (secondary N) is 1. The molecule has 3 N–H and O–H groups in total. The molecule has 2 aromatic rings. The number of para-hydroxylation sites is 1. The number of anilines is 2. The number of benzene rings is 1. The normalized spacial score (nSPS) is 10.2. The zero-order valence-electron chi connectivity index (χ0n) is 8.40. The first-order chi connectivity index (χ1) is 7.25. The summed E-state index contributed by atoms with van der Waals surface area (Å²) in [7, 11) is 0. The highest BCUT2D eigenvalue weighted by molar-refractivity contribution is 7.15. The van der Waals surface area contributed by atoms with Gasteiger partial charge in [0.2, 0.25) is 5.13 Å². The van der Waals surface area contributed by atoms with Gasteiger partial charge in [-0.25, -0.2) is 0 Å². The van der Waals surface area contributed by atoms with Crippen LogP contribution in [0.25, 0.3) is 0 Å². The van der Waals surface area contributed by atoms with Crippen LogP contribution in [0.15, 0.2) is 24.3 Å². The molecule has 78 valence electrons. The highest BCUT2D eigenvalue weighted by Gasteiger charge is 2.01. The molecule has 0 unspecified atom stereocenters. The standard InChI is InChI=1S/C10H12N4S/c1-7-13-14-10(15-7)12-6-8-4-2-3-5-9(8)11/h2-5H,6,11H2,1H3,(H,12,14). The van der Waals surface area contributed by atoms with Gasteiger partial charge in [-0.3, -0.25) is 0 Å². The molecule has 0 saturated carbocycles. The van der Waals surface area contributed by atoms with Gasteiger partial charge in [-0.2, -0.15) is 0 Å². The second kappa shape index (κ2) is 4.27. The molecule has 1 aromatic heterocycles. The molecule has 0 amide bonds. The summed E-state index contributed by atoms with van der Waals surface area (Å²) in [5, 5.41) is 12.9. The number of hydrogen-bond acceptors (Lipinski definition) is 5. The Hall–Kier alpha value is -1.62. The number of nitrogen functional groups attached to an aromatic ring is 1. The fraction of sp³-hybridized carbons (Fsp3) is 0.200. The summed E-state index contributed by atoms with van der Waals surface area (Å²) in [6.07, 6.45) is 0. The zero-order chi connectivity index (χ0) is 10.7. The van der Waals surface area contributed by atoms with Gasteiger partial charge in [0.25, 0.3) is 0 Å². The SMILES string of the molecule is Cc1nnc(NCc2ccccc2N)s1. The van der Waals surface area contributed by atoms with Gasteiger partial charge in [0.05, 0.1) is 0 Å². The summed E-state index contributed by atoms with van der Waals surface area (Å²) in [4.78, 5) is 0. The van der Waals surface area contributed by atoms with Crippen LogP contribution < -0.4 is 11.1 Å². The van der Waals surface area contributed by atoms with E-state index in [0.29, 0.717) is 6.54 Å². The number of nitrogens with zero attached hydrogens (tertiary/aromatic N) is 2. The highest BCUT2D eigenvalue weighted by atomic mass is 32.1. The van der Waals surface area contributed by atoms with Crippen LogP contribution in [0.1, 0.15) is 10.6 Å². The molecule has 1 aromatic carbocycles. The van der Waals surface area contributed by atoms with Gasteiger partial charge in [0.1, 0.15) is 5.01 Å². The molecule has 0 spiro atoms. The van der Waals surface area contributed by atoms with Crippen molar-refractivity contribution in [1.29, 1.82) is 0 Å². The predicted octanol–water partition coefficient (Wildman–Crippen LogP) is 2.04. The van der Waals surface area contributed by atoms with Crippen molar-refractivity contribution < 1.29 is 0 Å². The Bertz CT molecular complexity index is 452. The molecule has 0 aliphatic heterocycles. The third-order valence-corrected chi connectivity index (χ3v) is 2.81. The van der Waals surface area contributed by atoms with E-state index in [4.69, 9.17) is 5.73 Å². The molecule has 0 bridgehead atoms. The van der Waals surface area contributed by atoms with Gasteiger partial charge < -0.3 is 11.1 Å². The van der Waals surface area contributed by atoms with Crippen LogP contribution >= 0.6 is 11.3 Å². The van der Waals surface area contributed by atoms with Crippen molar-refractivity contribution in [2.75, 3.05) is 11.1 Å². The van der Waals surface area contributed by atoms with Crippen molar-refractivity contribution >= 4 is 22.2 Å². The van der Waals surface area contributed by atoms with Crippen LogP contribution in [0, 0.1) is 6.92 Å². The maximum Gasteiger partial charge on any atom is 0.205 e. The fourth-order valence-corrected chi connectivity index (χ4v) is 1.82. The predicted molar refractivity (Wildman–Crippen MR) is 62.8 cm³/mol. The van der Waals surface area contributed by atoms with Crippen LogP contribution in [0.4, 0.5) is 10.8 Å². The lowest BCUT2D eigenvalue weighted by Gasteiger charge is -2.04. The molecule has 2 rings (SSSR count). The molecule has 5 heteroatoms. The molecule has 0 aliphatic carbocycles. The lowest BCUT2D eigenvalue weighted by Crippen LogP contribution is -2.02. The van der Waals surface area contributed by atoms with Crippen LogP contribution in [-0.4, -0.2) is 10.2 Å². The fourth-order valence-electron chi connectivity index (χ4n) is 1.23. The maximum atomic E-state index is 5.82. The van der Waals surface area contributed by atoms with E-state index in [2.05, 4.69) is 15.5 Å². The van der Waals surface area contributed by atoms with Crippen LogP contribution in [-0.2, 0) is 6.54 Å². The molecular formula is C10H12N4S. The van der Waals surface area contributed by atoms with Crippen molar-refractivity contribution in [2.45, 2.75) is 13.5 Å². The lowest BCUT2D eigenvalue weighted by atomic mass is 10.2. The van der Waals surface area contributed by atoms with E-state index in [1.165, 1.54) is 11.3 Å². The molecule has 0 atom stereocenters. The van der Waals surface area contributed by atoms with Crippen LogP contribution in [0.3, 0.4) is 0 Å². The first-order valence-electron chi connectivity index (χ1n) is 4.63. The summed E-state index contributed by atoms with van der Waals surface area (Å²) in [5.74, 6) is 0. The minimum Gasteiger partial charge on any atom is -0.398 e. The largest absolute Gasteiger partial charge is 0.398 e. The molecule has 15 heavy (non-hydrogen) atoms. The molecule has 0 aliphatic rings. The second-order valence-corrected chi connectivity index (χ2v) is 4.36. The molecule has 4 nitrogen and oxygen atoms in total. The van der Waals surface area contributed by atoms with E-state index >= 15 is 0 Å². The van der Waals surface area contributed by atoms with Crippen molar-refractivity contribution in [2.24, 2.45) is 0 Å². The van der Waals surface area contributed by atoms with Gasteiger partial charge >= 0.3 is 0 Å². The highest BCUT2D eigenvalue weighted by Crippen LogP contribution is 2.16. The number of aromatic nitrogens is 2. The van der Waals surface area contributed by atoms with E-state index in [9.17, 15) is 0 Å². The molecule has 0 fully saturated rings. The Morgan fingerprint density at radius 3 is 2.80 bits per heavy atom. The topological polar surface area (TPSA) is 63.8 Å². The first-order valence-corrected chi connectivity index (χ1v) is 5.45. The van der Waals surface area contributed by atoms with Crippen molar-refractivity contribution in [3.8, 4) is 0 Å². The Morgan fingerprint density at radius 1 is 1.33 bits per heavy atom. The summed E-state index contributed by atoms with van der Waals surface area (Å²) in [5.41, 5.74) is 7.69. The van der Waals surface area contributed by atoms with Gasteiger partial charge in [-0.1, -0.05) is 29.5 Å². The average Bonchev–Trinajstić information content (AvgIpc) is 2.63. The Balaban J connectivity index is 2.02. The molecule has 0 radical (unpaired) electrons. The van der Waals surface area contributed by atoms with Crippen LogP contribution in [0.5, 0.6) is 0 Å². The molecule has 0 saturated heterocycles. The Kier molecular flexibility index (Phi) is 2.82. The van der Waals surface area contributed by atoms with E-state index in [-0.39, 0.29) is 0 Å². The van der Waals surface area contributed by atoms with Crippen molar-refractivity contribution in [1.82, 2.24) is 10.2 Å². The number of rotatable bonds is 3. The van der Waals surface area contributed by atoms with E-state index in [1.54, 1.807) is 0 Å². The molecular weight excluding hydrogens is 208 g/mol. The minimum absolute atomic E-state index is 0.682. The summed E-state index contributed by atoms with van der Waals surface area (Å²) >= 11 is 1.54.